The topological polar surface area (TPSA) is 411 Å². The molecule has 0 bridgehead atoms. The van der Waals surface area contributed by atoms with Crippen molar-refractivity contribution in [2.24, 2.45) is 0 Å². The predicted molar refractivity (Wildman–Crippen MR) is 509 cm³/mol. The minimum Gasteiger partial charge on any atom is -0.481 e. The zero-order valence-corrected chi connectivity index (χ0v) is 83.4. The van der Waals surface area contributed by atoms with E-state index in [-0.39, 0.29) is 91.3 Å². The first-order valence-electron chi connectivity index (χ1n) is 46.6. The summed E-state index contributed by atoms with van der Waals surface area (Å²) in [5, 5.41) is 60.6. The fourth-order valence-corrected chi connectivity index (χ4v) is 14.8. The lowest BCUT2D eigenvalue weighted by atomic mass is 10.1. The molecule has 5 heterocycles. The van der Waals surface area contributed by atoms with E-state index in [9.17, 15) is 114 Å². The van der Waals surface area contributed by atoms with E-state index in [2.05, 4.69) is 69.9 Å². The van der Waals surface area contributed by atoms with E-state index in [1.165, 1.54) is 24.5 Å². The lowest BCUT2D eigenvalue weighted by molar-refractivity contribution is -0.200. The van der Waals surface area contributed by atoms with E-state index in [1.54, 1.807) is 37.3 Å². The number of carbonyl (C=O) groups is 10. The van der Waals surface area contributed by atoms with Crippen LogP contribution in [0.15, 0.2) is 91.0 Å². The van der Waals surface area contributed by atoms with Crippen molar-refractivity contribution >= 4 is 112 Å². The van der Waals surface area contributed by atoms with Gasteiger partial charge in [-0.05, 0) is 162 Å². The summed E-state index contributed by atoms with van der Waals surface area (Å²) in [6.07, 6.45) is -37.3. The number of nitrogens with one attached hydrogen (secondary N) is 5. The first-order valence-corrected chi connectivity index (χ1v) is 47.4. The number of nitrogens with zero attached hydrogens (tertiary/aromatic N) is 10. The molecule has 5 amide bonds. The average Bonchev–Trinajstić information content (AvgIpc) is 0.839. The molecule has 5 aromatic carbocycles. The van der Waals surface area contributed by atoms with Crippen LogP contribution in [0.4, 0.5) is 118 Å². The normalized spacial score (nSPS) is 16.6. The highest BCUT2D eigenvalue weighted by Crippen LogP contribution is 2.33. The maximum absolute atomic E-state index is 12.6. The van der Waals surface area contributed by atoms with Crippen LogP contribution in [0.1, 0.15) is 118 Å². The summed E-state index contributed by atoms with van der Waals surface area (Å²) in [5.74, 6) is -4.54. The summed E-state index contributed by atoms with van der Waals surface area (Å²) >= 11 is 12.0. The number of amides is 5. The molecule has 0 aromatic heterocycles. The van der Waals surface area contributed by atoms with Gasteiger partial charge < -0.3 is 100 Å². The van der Waals surface area contributed by atoms with Crippen molar-refractivity contribution in [1.29, 1.82) is 0 Å². The van der Waals surface area contributed by atoms with Crippen LogP contribution in [0.25, 0.3) is 0 Å². The molecule has 5 saturated heterocycles. The highest BCUT2D eigenvalue weighted by Gasteiger charge is 2.45. The zero-order valence-electron chi connectivity index (χ0n) is 81.9. The number of benzene rings is 5. The van der Waals surface area contributed by atoms with Gasteiger partial charge in [0.05, 0.1) is 6.42 Å². The number of alkyl halides is 15. The van der Waals surface area contributed by atoms with Gasteiger partial charge in [-0.2, -0.15) is 65.9 Å². The van der Waals surface area contributed by atoms with Gasteiger partial charge >= 0.3 is 91.2 Å². The first kappa shape index (κ1) is 123. The highest BCUT2D eigenvalue weighted by atomic mass is 35.5. The van der Waals surface area contributed by atoms with Gasteiger partial charge in [-0.3, -0.25) is 48.5 Å². The Bertz CT molecular complexity index is 4940. The second-order valence-electron chi connectivity index (χ2n) is 35.1. The fraction of sp³-hybridized carbons (Fsp3) is 0.574. The molecule has 5 aromatic rings. The lowest BCUT2D eigenvalue weighted by Crippen LogP contribution is -2.49. The van der Waals surface area contributed by atoms with Crippen LogP contribution in [0.5, 0.6) is 0 Å². The maximum Gasteiger partial charge on any atom is 0.425 e. The first-order chi connectivity index (χ1) is 68.2. The number of hydrogen-bond acceptors (Lipinski definition) is 25. The summed E-state index contributed by atoms with van der Waals surface area (Å²) in [4.78, 5) is 130. The molecule has 35 nitrogen and oxygen atoms in total. The standard InChI is InChI=1S/C20H28F3N3O4.C19H25ClF3N3O4.2C19H26F3N3O4.C17H21ClF3N3O4/c1-14-5-6-16(17(12-14)24-7-3-4-18(27)28)13-25-8-10-26(11-9-25)19(29)30-15(2)20(21,22)23;1-13(19(21,22)23)30-18(29)26-9-7-25(8-10-26)12-14-4-5-15(20)11-16(14)24-6-2-3-17(27)28;1-12-4-5-15(16(10-12)23-13(2)17(26)27)11-24-6-8-25(9-7-24)18(28)29-14(3)19(20,21)22;1-13-3-4-15(16(11-13)23-6-5-17(26)27)12-24-7-9-25(10-8-24)18(28)29-14(2)19(20,21)22;1-11(17(19,20)21)28-16(27)24-6-4-23(5-7-24)10-12-2-3-13(18)8-14(12)22-9-15(25)26/h5-6,12,15,24H,3-4,7-11,13H2,1-2H3,(H,27,28);4-5,11,13,24H,2-3,6-10,12H2,1H3,(H,27,28);4-5,10,13-14,23H,6-9,11H2,1-3H3,(H,26,27);3-4,11,14,23H,5-10,12H2,1-2H3,(H,26,27);2-3,8,11,22H,4-7,9-10H2,1H3,(H,25,26)/t;;13-,14?;;/m..0../s1. The van der Waals surface area contributed by atoms with Gasteiger partial charge in [0.15, 0.2) is 30.5 Å². The van der Waals surface area contributed by atoms with Crippen molar-refractivity contribution in [3.63, 3.8) is 0 Å². The molecule has 5 aliphatic heterocycles. The monoisotopic (exact) mass is 2140 g/mol. The Morgan fingerprint density at radius 2 is 0.521 bits per heavy atom. The quantitative estimate of drug-likeness (QED) is 0.0102. The Balaban J connectivity index is 0.000000279. The van der Waals surface area contributed by atoms with Crippen molar-refractivity contribution in [2.75, 3.05) is 184 Å². The Hall–Kier alpha value is -11.9. The average molecular weight is 2140 g/mol. The van der Waals surface area contributed by atoms with Gasteiger partial charge in [-0.1, -0.05) is 71.7 Å². The third kappa shape index (κ3) is 44.4. The molecule has 10 N–H and O–H groups in total. The van der Waals surface area contributed by atoms with Gasteiger partial charge in [0.2, 0.25) is 0 Å². The number of piperazine rings is 5. The largest absolute Gasteiger partial charge is 0.481 e. The molecular weight excluding hydrogens is 2010 g/mol. The Labute approximate surface area is 844 Å². The van der Waals surface area contributed by atoms with E-state index >= 15 is 0 Å². The molecule has 5 aliphatic rings. The number of halogens is 17. The van der Waals surface area contributed by atoms with Crippen LogP contribution >= 0.6 is 23.2 Å². The van der Waals surface area contributed by atoms with Gasteiger partial charge in [-0.15, -0.1) is 0 Å². The molecule has 10 rings (SSSR count). The van der Waals surface area contributed by atoms with E-state index < -0.39 is 128 Å². The van der Waals surface area contributed by atoms with Gasteiger partial charge in [0, 0.05) is 235 Å². The van der Waals surface area contributed by atoms with Crippen LogP contribution in [-0.4, -0.2) is 359 Å². The molecule has 816 valence electrons. The van der Waals surface area contributed by atoms with E-state index in [0.29, 0.717) is 146 Å². The third-order valence-electron chi connectivity index (χ3n) is 23.3. The molecule has 0 aliphatic carbocycles. The SMILES string of the molecule is CC(OC(=O)N1CCN(Cc2ccc(Cl)cc2NCC(=O)O)CC1)C(F)(F)F.CC(OC(=O)N1CCN(Cc2ccc(Cl)cc2NCCCC(=O)O)CC1)C(F)(F)F.Cc1ccc(CN2CCN(C(=O)OC(C)C(F)(F)F)CC2)c(NCCC(=O)O)c1.Cc1ccc(CN2CCN(C(=O)OC(C)C(F)(F)F)CC2)c(NCCCC(=O)O)c1.Cc1ccc(CN2CCN(C(=O)OC(C)C(F)(F)F)CC2)c(N[C@@H](C)C(=O)O)c1. The predicted octanol–water partition coefficient (Wildman–Crippen LogP) is 16.5. The van der Waals surface area contributed by atoms with Crippen molar-refractivity contribution in [3.8, 4) is 0 Å². The number of carbonyl (C=O) groups excluding carboxylic acids is 5. The Kier molecular flexibility index (Phi) is 48.8. The minimum absolute atomic E-state index is 0.00448. The van der Waals surface area contributed by atoms with Crippen LogP contribution in [-0.2, 0) is 80.4 Å². The molecule has 6 atom stereocenters. The zero-order chi connectivity index (χ0) is 109. The van der Waals surface area contributed by atoms with Crippen LogP contribution in [0, 0.1) is 20.8 Å². The number of hydrogen-bond donors (Lipinski definition) is 10. The Morgan fingerprint density at radius 3 is 0.753 bits per heavy atom. The molecule has 52 heteroatoms. The van der Waals surface area contributed by atoms with Crippen molar-refractivity contribution in [2.45, 2.75) is 195 Å². The van der Waals surface area contributed by atoms with E-state index in [0.717, 1.165) is 102 Å². The van der Waals surface area contributed by atoms with Gasteiger partial charge in [0.1, 0.15) is 12.6 Å². The molecule has 146 heavy (non-hydrogen) atoms. The van der Waals surface area contributed by atoms with Gasteiger partial charge in [0.25, 0.3) is 0 Å². The van der Waals surface area contributed by atoms with Crippen LogP contribution in [0.2, 0.25) is 10.0 Å². The number of aliphatic carboxylic acids is 5. The maximum atomic E-state index is 12.6. The van der Waals surface area contributed by atoms with Gasteiger partial charge in [-0.25, -0.2) is 24.0 Å². The van der Waals surface area contributed by atoms with Crippen molar-refractivity contribution in [1.82, 2.24) is 49.0 Å². The van der Waals surface area contributed by atoms with Crippen LogP contribution < -0.4 is 26.6 Å². The van der Waals surface area contributed by atoms with Crippen molar-refractivity contribution in [3.05, 3.63) is 146 Å². The Morgan fingerprint density at radius 1 is 0.301 bits per heavy atom. The molecule has 5 fully saturated rings. The smallest absolute Gasteiger partial charge is 0.425 e. The summed E-state index contributed by atoms with van der Waals surface area (Å²) < 4.78 is 210. The number of anilines is 5. The molecular formula is C94H126Cl2F15N15O20. The minimum atomic E-state index is -4.59. The van der Waals surface area contributed by atoms with E-state index in [1.807, 2.05) is 86.3 Å². The summed E-state index contributed by atoms with van der Waals surface area (Å²) in [7, 11) is 0. The number of carboxylic acid groups (broad SMARTS) is 5. The van der Waals surface area contributed by atoms with E-state index in [4.69, 9.17) is 48.7 Å². The number of ether oxygens (including phenoxy) is 5. The molecule has 5 unspecified atom stereocenters. The highest BCUT2D eigenvalue weighted by molar-refractivity contribution is 6.31. The number of aryl methyl sites for hydroxylation is 3. The number of rotatable bonds is 35. The molecule has 0 saturated carbocycles. The summed E-state index contributed by atoms with van der Waals surface area (Å²) in [6, 6.07) is 27.3. The summed E-state index contributed by atoms with van der Waals surface area (Å²) in [6.45, 7) is 22.7. The number of carboxylic acids is 5. The second-order valence-corrected chi connectivity index (χ2v) is 36.0. The van der Waals surface area contributed by atoms with Crippen molar-refractivity contribution < 1.29 is 163 Å². The second kappa shape index (κ2) is 58.0. The lowest BCUT2D eigenvalue weighted by Gasteiger charge is -2.35. The third-order valence-corrected chi connectivity index (χ3v) is 23.8. The van der Waals surface area contributed by atoms with Crippen LogP contribution in [0.3, 0.4) is 0 Å². The fourth-order valence-electron chi connectivity index (χ4n) is 14.5. The molecule has 0 spiro atoms. The molecule has 0 radical (unpaired) electrons. The summed E-state index contributed by atoms with van der Waals surface area (Å²) in [5.41, 5.74) is 11.7.